The van der Waals surface area contributed by atoms with Crippen LogP contribution < -0.4 is 0 Å². The highest BCUT2D eigenvalue weighted by Crippen LogP contribution is 2.25. The standard InChI is InChI=1S/C11H17ClN4O/c1-7(12)10-13-9-8(2)14-15(3)11(9)16(10)5-6-17-4/h7H,5-6H2,1-4H3. The minimum atomic E-state index is -0.126. The molecule has 0 spiro atoms. The first-order valence-electron chi connectivity index (χ1n) is 5.59. The molecule has 2 aromatic rings. The summed E-state index contributed by atoms with van der Waals surface area (Å²) in [4.78, 5) is 4.58. The molecule has 0 aliphatic heterocycles. The van der Waals surface area contributed by atoms with Crippen LogP contribution in [0.2, 0.25) is 0 Å². The van der Waals surface area contributed by atoms with Gasteiger partial charge < -0.3 is 9.30 Å². The Labute approximate surface area is 105 Å². The first-order valence-corrected chi connectivity index (χ1v) is 6.02. The molecule has 0 N–H and O–H groups in total. The number of nitrogens with zero attached hydrogens (tertiary/aromatic N) is 4. The van der Waals surface area contributed by atoms with Gasteiger partial charge in [-0.3, -0.25) is 4.68 Å². The topological polar surface area (TPSA) is 44.9 Å². The van der Waals surface area contributed by atoms with Gasteiger partial charge in [-0.1, -0.05) is 0 Å². The quantitative estimate of drug-likeness (QED) is 0.787. The average molecular weight is 257 g/mol. The first-order chi connectivity index (χ1) is 8.06. The van der Waals surface area contributed by atoms with Gasteiger partial charge in [-0.25, -0.2) is 4.98 Å². The summed E-state index contributed by atoms with van der Waals surface area (Å²) >= 11 is 6.17. The van der Waals surface area contributed by atoms with Gasteiger partial charge in [0.25, 0.3) is 0 Å². The van der Waals surface area contributed by atoms with E-state index < -0.39 is 0 Å². The van der Waals surface area contributed by atoms with E-state index in [1.54, 1.807) is 7.11 Å². The van der Waals surface area contributed by atoms with Crippen LogP contribution in [-0.4, -0.2) is 33.0 Å². The Morgan fingerprint density at radius 3 is 2.76 bits per heavy atom. The molecule has 0 fully saturated rings. The number of halogens is 1. The number of hydrogen-bond acceptors (Lipinski definition) is 3. The SMILES string of the molecule is COCCn1c(C(C)Cl)nc2c(C)nn(C)c21. The van der Waals surface area contributed by atoms with Gasteiger partial charge in [0, 0.05) is 20.7 Å². The number of fused-ring (bicyclic) bond motifs is 1. The Kier molecular flexibility index (Phi) is 3.40. The third kappa shape index (κ3) is 2.05. The molecule has 94 valence electrons. The van der Waals surface area contributed by atoms with Gasteiger partial charge in [0.2, 0.25) is 0 Å². The minimum absolute atomic E-state index is 0.126. The molecule has 0 bridgehead atoms. The van der Waals surface area contributed by atoms with Crippen molar-refractivity contribution >= 4 is 22.8 Å². The summed E-state index contributed by atoms with van der Waals surface area (Å²) in [5.41, 5.74) is 2.85. The molecule has 2 rings (SSSR count). The molecule has 0 saturated carbocycles. The number of ether oxygens (including phenoxy) is 1. The summed E-state index contributed by atoms with van der Waals surface area (Å²) < 4.78 is 9.05. The van der Waals surface area contributed by atoms with Crippen molar-refractivity contribution in [1.29, 1.82) is 0 Å². The average Bonchev–Trinajstić information content (AvgIpc) is 2.76. The Morgan fingerprint density at radius 1 is 1.47 bits per heavy atom. The fraction of sp³-hybridized carbons (Fsp3) is 0.636. The van der Waals surface area contributed by atoms with Gasteiger partial charge in [-0.05, 0) is 13.8 Å². The van der Waals surface area contributed by atoms with Crippen LogP contribution in [0.3, 0.4) is 0 Å². The monoisotopic (exact) mass is 256 g/mol. The lowest BCUT2D eigenvalue weighted by atomic mass is 10.4. The van der Waals surface area contributed by atoms with E-state index >= 15 is 0 Å². The van der Waals surface area contributed by atoms with E-state index in [2.05, 4.69) is 14.6 Å². The van der Waals surface area contributed by atoms with Gasteiger partial charge >= 0.3 is 0 Å². The van der Waals surface area contributed by atoms with Gasteiger partial charge in [0.15, 0.2) is 5.65 Å². The Bertz CT molecular complexity index is 529. The van der Waals surface area contributed by atoms with Crippen LogP contribution in [0.5, 0.6) is 0 Å². The molecule has 0 amide bonds. The molecule has 2 aromatic heterocycles. The fourth-order valence-corrected chi connectivity index (χ4v) is 2.22. The fourth-order valence-electron chi connectivity index (χ4n) is 2.06. The minimum Gasteiger partial charge on any atom is -0.383 e. The molecule has 6 heteroatoms. The molecule has 1 unspecified atom stereocenters. The van der Waals surface area contributed by atoms with E-state index in [-0.39, 0.29) is 5.38 Å². The summed E-state index contributed by atoms with van der Waals surface area (Å²) in [5.74, 6) is 0.870. The predicted molar refractivity (Wildman–Crippen MR) is 67.4 cm³/mol. The van der Waals surface area contributed by atoms with Gasteiger partial charge in [-0.2, -0.15) is 5.10 Å². The van der Waals surface area contributed by atoms with Crippen LogP contribution in [0.25, 0.3) is 11.2 Å². The number of hydrogen-bond donors (Lipinski definition) is 0. The third-order valence-electron chi connectivity index (χ3n) is 2.79. The highest BCUT2D eigenvalue weighted by molar-refractivity contribution is 6.20. The Morgan fingerprint density at radius 2 is 2.18 bits per heavy atom. The lowest BCUT2D eigenvalue weighted by Crippen LogP contribution is -2.11. The number of methoxy groups -OCH3 is 1. The second-order valence-electron chi connectivity index (χ2n) is 4.11. The van der Waals surface area contributed by atoms with Crippen molar-refractivity contribution in [2.75, 3.05) is 13.7 Å². The van der Waals surface area contributed by atoms with Crippen molar-refractivity contribution in [3.63, 3.8) is 0 Å². The maximum atomic E-state index is 6.17. The predicted octanol–water partition coefficient (Wildman–Crippen LogP) is 2.02. The number of imidazole rings is 1. The highest BCUT2D eigenvalue weighted by Gasteiger charge is 2.19. The number of rotatable bonds is 4. The molecule has 1 atom stereocenters. The van der Waals surface area contributed by atoms with E-state index in [9.17, 15) is 0 Å². The number of aryl methyl sites for hydroxylation is 2. The van der Waals surface area contributed by atoms with Crippen LogP contribution >= 0.6 is 11.6 Å². The Hall–Kier alpha value is -1.07. The zero-order valence-electron chi connectivity index (χ0n) is 10.6. The van der Waals surface area contributed by atoms with E-state index in [0.29, 0.717) is 6.61 Å². The van der Waals surface area contributed by atoms with Crippen LogP contribution in [0.1, 0.15) is 23.8 Å². The lowest BCUT2D eigenvalue weighted by Gasteiger charge is -2.10. The summed E-state index contributed by atoms with van der Waals surface area (Å²) in [5, 5.41) is 4.24. The van der Waals surface area contributed by atoms with Crippen molar-refractivity contribution in [1.82, 2.24) is 19.3 Å². The second kappa shape index (κ2) is 4.66. The molecule has 17 heavy (non-hydrogen) atoms. The highest BCUT2D eigenvalue weighted by atomic mass is 35.5. The molecule has 0 saturated heterocycles. The van der Waals surface area contributed by atoms with Crippen LogP contribution in [0.15, 0.2) is 0 Å². The van der Waals surface area contributed by atoms with Gasteiger partial charge in [0.1, 0.15) is 11.3 Å². The summed E-state index contributed by atoms with van der Waals surface area (Å²) in [6, 6.07) is 0. The molecule has 0 aromatic carbocycles. The summed E-state index contributed by atoms with van der Waals surface area (Å²) in [7, 11) is 3.61. The molecule has 5 nitrogen and oxygen atoms in total. The van der Waals surface area contributed by atoms with E-state index in [1.807, 2.05) is 25.6 Å². The largest absolute Gasteiger partial charge is 0.383 e. The zero-order chi connectivity index (χ0) is 12.6. The van der Waals surface area contributed by atoms with Crippen LogP contribution in [0.4, 0.5) is 0 Å². The molecular weight excluding hydrogens is 240 g/mol. The third-order valence-corrected chi connectivity index (χ3v) is 2.99. The van der Waals surface area contributed by atoms with Crippen molar-refractivity contribution in [3.05, 3.63) is 11.5 Å². The summed E-state index contributed by atoms with van der Waals surface area (Å²) in [6.07, 6.45) is 0. The van der Waals surface area contributed by atoms with E-state index in [1.165, 1.54) is 0 Å². The lowest BCUT2D eigenvalue weighted by molar-refractivity contribution is 0.187. The molecule has 0 aliphatic carbocycles. The van der Waals surface area contributed by atoms with E-state index in [4.69, 9.17) is 16.3 Å². The molecule has 0 aliphatic rings. The van der Waals surface area contributed by atoms with Gasteiger partial charge in [-0.15, -0.1) is 11.6 Å². The summed E-state index contributed by atoms with van der Waals surface area (Å²) in [6.45, 7) is 5.25. The number of aromatic nitrogens is 4. The number of alkyl halides is 1. The van der Waals surface area contributed by atoms with Crippen molar-refractivity contribution in [2.45, 2.75) is 25.8 Å². The zero-order valence-corrected chi connectivity index (χ0v) is 11.3. The maximum absolute atomic E-state index is 6.17. The maximum Gasteiger partial charge on any atom is 0.158 e. The van der Waals surface area contributed by atoms with Crippen molar-refractivity contribution in [3.8, 4) is 0 Å². The molecular formula is C11H17ClN4O. The molecule has 2 heterocycles. The van der Waals surface area contributed by atoms with Crippen molar-refractivity contribution < 1.29 is 4.74 Å². The second-order valence-corrected chi connectivity index (χ2v) is 4.77. The first kappa shape index (κ1) is 12.4. The van der Waals surface area contributed by atoms with Gasteiger partial charge in [0.05, 0.1) is 17.7 Å². The Balaban J connectivity index is 2.60. The smallest absolute Gasteiger partial charge is 0.158 e. The molecule has 0 radical (unpaired) electrons. The normalized spacial score (nSPS) is 13.5. The van der Waals surface area contributed by atoms with Crippen molar-refractivity contribution in [2.24, 2.45) is 7.05 Å². The van der Waals surface area contributed by atoms with E-state index in [0.717, 1.165) is 29.2 Å². The van der Waals surface area contributed by atoms with Crippen LogP contribution in [0, 0.1) is 6.92 Å². The van der Waals surface area contributed by atoms with Crippen LogP contribution in [-0.2, 0) is 18.3 Å².